The predicted octanol–water partition coefficient (Wildman–Crippen LogP) is 1.61. The Morgan fingerprint density at radius 2 is 2.00 bits per heavy atom. The third-order valence-corrected chi connectivity index (χ3v) is 2.56. The van der Waals surface area contributed by atoms with Gasteiger partial charge in [0.15, 0.2) is 0 Å². The normalized spacial score (nSPS) is 12.6. The Bertz CT molecular complexity index is 439. The van der Waals surface area contributed by atoms with E-state index in [0.717, 1.165) is 17.0 Å². The molecule has 0 spiro atoms. The molecule has 4 heteroatoms. The third-order valence-electron chi connectivity index (χ3n) is 2.56. The molecular formula is C12H15N3O. The number of hydrogen-bond donors (Lipinski definition) is 3. The molecule has 0 radical (unpaired) electrons. The minimum Gasteiger partial charge on any atom is -0.469 e. The van der Waals surface area contributed by atoms with Crippen LogP contribution in [0.25, 0.3) is 0 Å². The van der Waals surface area contributed by atoms with E-state index in [9.17, 15) is 0 Å². The van der Waals surface area contributed by atoms with Gasteiger partial charge < -0.3 is 10.2 Å². The van der Waals surface area contributed by atoms with Crippen molar-refractivity contribution >= 4 is 5.69 Å². The minimum atomic E-state index is -0.0349. The summed E-state index contributed by atoms with van der Waals surface area (Å²) in [5, 5.41) is 0. The summed E-state index contributed by atoms with van der Waals surface area (Å²) in [6.45, 7) is 0. The number of nitrogens with two attached hydrogens (primary N) is 2. The van der Waals surface area contributed by atoms with Gasteiger partial charge in [-0.05, 0) is 23.8 Å². The Hall–Kier alpha value is -1.78. The molecular weight excluding hydrogens is 202 g/mol. The Balaban J connectivity index is 2.20. The highest BCUT2D eigenvalue weighted by molar-refractivity contribution is 5.48. The minimum absolute atomic E-state index is 0.0349. The quantitative estimate of drug-likeness (QED) is 0.413. The van der Waals surface area contributed by atoms with Crippen LogP contribution < -0.4 is 17.0 Å². The van der Waals surface area contributed by atoms with Gasteiger partial charge in [-0.25, -0.2) is 0 Å². The summed E-state index contributed by atoms with van der Waals surface area (Å²) in [6, 6.07) is 11.4. The molecule has 2 aromatic rings. The molecule has 1 heterocycles. The molecule has 1 atom stereocenters. The zero-order valence-corrected chi connectivity index (χ0v) is 8.89. The van der Waals surface area contributed by atoms with Gasteiger partial charge in [0.05, 0.1) is 12.3 Å². The fourth-order valence-corrected chi connectivity index (χ4v) is 1.72. The van der Waals surface area contributed by atoms with Crippen molar-refractivity contribution < 1.29 is 4.42 Å². The fraction of sp³-hybridized carbons (Fsp3) is 0.167. The van der Waals surface area contributed by atoms with Crippen molar-refractivity contribution in [2.75, 3.05) is 5.73 Å². The maximum Gasteiger partial charge on any atom is 0.105 e. The summed E-state index contributed by atoms with van der Waals surface area (Å²) in [4.78, 5) is 0. The molecule has 0 fully saturated rings. The van der Waals surface area contributed by atoms with Crippen LogP contribution in [-0.2, 0) is 6.42 Å². The summed E-state index contributed by atoms with van der Waals surface area (Å²) < 4.78 is 5.29. The van der Waals surface area contributed by atoms with E-state index >= 15 is 0 Å². The Morgan fingerprint density at radius 1 is 1.19 bits per heavy atom. The lowest BCUT2D eigenvalue weighted by Crippen LogP contribution is -2.30. The van der Waals surface area contributed by atoms with E-state index in [1.807, 2.05) is 36.4 Å². The van der Waals surface area contributed by atoms with E-state index in [1.165, 1.54) is 0 Å². The van der Waals surface area contributed by atoms with Gasteiger partial charge >= 0.3 is 0 Å². The van der Waals surface area contributed by atoms with Gasteiger partial charge in [0.1, 0.15) is 5.76 Å². The molecule has 0 aliphatic rings. The van der Waals surface area contributed by atoms with Crippen molar-refractivity contribution in [3.63, 3.8) is 0 Å². The molecule has 0 aliphatic heterocycles. The number of nitrogens with one attached hydrogen (secondary N) is 1. The van der Waals surface area contributed by atoms with Gasteiger partial charge in [0.25, 0.3) is 0 Å². The highest BCUT2D eigenvalue weighted by atomic mass is 16.3. The van der Waals surface area contributed by atoms with E-state index in [-0.39, 0.29) is 6.04 Å². The lowest BCUT2D eigenvalue weighted by Gasteiger charge is -2.16. The fourth-order valence-electron chi connectivity index (χ4n) is 1.72. The zero-order valence-electron chi connectivity index (χ0n) is 8.89. The molecule has 1 aromatic carbocycles. The summed E-state index contributed by atoms with van der Waals surface area (Å²) in [6.07, 6.45) is 2.33. The molecule has 5 N–H and O–H groups in total. The molecule has 0 aliphatic carbocycles. The molecule has 84 valence electrons. The van der Waals surface area contributed by atoms with Crippen molar-refractivity contribution in [2.45, 2.75) is 12.5 Å². The van der Waals surface area contributed by atoms with E-state index in [4.69, 9.17) is 16.0 Å². The molecule has 1 aromatic heterocycles. The molecule has 0 bridgehead atoms. The molecule has 0 amide bonds. The molecule has 1 unspecified atom stereocenters. The second kappa shape index (κ2) is 4.83. The maximum atomic E-state index is 5.90. The van der Waals surface area contributed by atoms with Crippen molar-refractivity contribution in [1.82, 2.24) is 5.43 Å². The molecule has 0 saturated carbocycles. The van der Waals surface area contributed by atoms with Gasteiger partial charge in [0.2, 0.25) is 0 Å². The van der Waals surface area contributed by atoms with Crippen molar-refractivity contribution in [3.05, 3.63) is 54.0 Å². The Kier molecular flexibility index (Phi) is 3.24. The average molecular weight is 217 g/mol. The van der Waals surface area contributed by atoms with E-state index < -0.39 is 0 Å². The van der Waals surface area contributed by atoms with Crippen LogP contribution in [0.3, 0.4) is 0 Å². The average Bonchev–Trinajstić information content (AvgIpc) is 2.80. The molecule has 0 saturated heterocycles. The standard InChI is InChI=1S/C12H15N3O/c13-11-6-2-1-5-10(11)12(15-14)8-9-4-3-7-16-9/h1-7,12,15H,8,13-14H2. The van der Waals surface area contributed by atoms with Crippen LogP contribution in [0, 0.1) is 0 Å². The van der Waals surface area contributed by atoms with Crippen molar-refractivity contribution in [1.29, 1.82) is 0 Å². The van der Waals surface area contributed by atoms with Gasteiger partial charge in [0, 0.05) is 12.1 Å². The molecule has 2 rings (SSSR count). The summed E-state index contributed by atoms with van der Waals surface area (Å²) in [5.41, 5.74) is 10.4. The van der Waals surface area contributed by atoms with Gasteiger partial charge in [-0.3, -0.25) is 11.3 Å². The van der Waals surface area contributed by atoms with Crippen LogP contribution >= 0.6 is 0 Å². The van der Waals surface area contributed by atoms with Crippen LogP contribution in [0.1, 0.15) is 17.4 Å². The van der Waals surface area contributed by atoms with Crippen LogP contribution in [0.15, 0.2) is 47.1 Å². The lowest BCUT2D eigenvalue weighted by molar-refractivity contribution is 0.455. The van der Waals surface area contributed by atoms with Crippen molar-refractivity contribution in [3.8, 4) is 0 Å². The lowest BCUT2D eigenvalue weighted by atomic mass is 10.0. The number of anilines is 1. The number of rotatable bonds is 4. The number of nitrogen functional groups attached to an aromatic ring is 1. The summed E-state index contributed by atoms with van der Waals surface area (Å²) in [5.74, 6) is 6.42. The van der Waals surface area contributed by atoms with E-state index in [1.54, 1.807) is 6.26 Å². The van der Waals surface area contributed by atoms with Gasteiger partial charge in [-0.15, -0.1) is 0 Å². The third kappa shape index (κ3) is 2.24. The largest absolute Gasteiger partial charge is 0.469 e. The highest BCUT2D eigenvalue weighted by Gasteiger charge is 2.14. The van der Waals surface area contributed by atoms with Crippen LogP contribution in [0.2, 0.25) is 0 Å². The first-order chi connectivity index (χ1) is 7.81. The number of furan rings is 1. The van der Waals surface area contributed by atoms with Crippen LogP contribution in [-0.4, -0.2) is 0 Å². The second-order valence-corrected chi connectivity index (χ2v) is 3.63. The predicted molar refractivity (Wildman–Crippen MR) is 63.3 cm³/mol. The summed E-state index contributed by atoms with van der Waals surface area (Å²) in [7, 11) is 0. The first kappa shape index (κ1) is 10.7. The van der Waals surface area contributed by atoms with Gasteiger partial charge in [-0.2, -0.15) is 0 Å². The SMILES string of the molecule is NNC(Cc1ccco1)c1ccccc1N. The summed E-state index contributed by atoms with van der Waals surface area (Å²) >= 11 is 0. The first-order valence-corrected chi connectivity index (χ1v) is 5.14. The van der Waals surface area contributed by atoms with E-state index in [2.05, 4.69) is 5.43 Å². The smallest absolute Gasteiger partial charge is 0.105 e. The number of benzene rings is 1. The monoisotopic (exact) mass is 217 g/mol. The maximum absolute atomic E-state index is 5.90. The van der Waals surface area contributed by atoms with Crippen LogP contribution in [0.5, 0.6) is 0 Å². The van der Waals surface area contributed by atoms with Crippen LogP contribution in [0.4, 0.5) is 5.69 Å². The van der Waals surface area contributed by atoms with Gasteiger partial charge in [-0.1, -0.05) is 18.2 Å². The zero-order chi connectivity index (χ0) is 11.4. The first-order valence-electron chi connectivity index (χ1n) is 5.14. The topological polar surface area (TPSA) is 77.2 Å². The molecule has 16 heavy (non-hydrogen) atoms. The van der Waals surface area contributed by atoms with E-state index in [0.29, 0.717) is 6.42 Å². The Morgan fingerprint density at radius 3 is 2.62 bits per heavy atom. The molecule has 4 nitrogen and oxygen atoms in total. The number of hydrogen-bond acceptors (Lipinski definition) is 4. The second-order valence-electron chi connectivity index (χ2n) is 3.63. The highest BCUT2D eigenvalue weighted by Crippen LogP contribution is 2.22. The Labute approximate surface area is 94.2 Å². The number of para-hydroxylation sites is 1. The number of hydrazine groups is 1. The van der Waals surface area contributed by atoms with Crippen molar-refractivity contribution in [2.24, 2.45) is 5.84 Å².